The number of sulfonamides is 1. The Bertz CT molecular complexity index is 1120. The highest BCUT2D eigenvalue weighted by Gasteiger charge is 2.65. The van der Waals surface area contributed by atoms with Crippen LogP contribution in [-0.2, 0) is 59.0 Å². The SMILES string of the molecule is Cc1ccc(S(=O)(=O)N2O[C@@H]3CO[C@@]4(COS(N)(=O)=O)OC(C)(C)O[C@H]4[C@@H]3OS2=O)cc1. The van der Waals surface area contributed by atoms with Gasteiger partial charge in [-0.1, -0.05) is 17.7 Å². The van der Waals surface area contributed by atoms with Crippen LogP contribution in [0.3, 0.4) is 0 Å². The van der Waals surface area contributed by atoms with Crippen molar-refractivity contribution in [1.82, 2.24) is 3.87 Å². The fraction of sp³-hybridized carbons (Fsp3) is 0.625. The van der Waals surface area contributed by atoms with E-state index >= 15 is 0 Å². The second-order valence-electron chi connectivity index (χ2n) is 7.85. The van der Waals surface area contributed by atoms with E-state index in [0.29, 0.717) is 0 Å². The highest BCUT2D eigenvalue weighted by atomic mass is 32.3. The molecule has 1 unspecified atom stereocenters. The van der Waals surface area contributed by atoms with Gasteiger partial charge in [0.05, 0.1) is 11.5 Å². The number of fused-ring (bicyclic) bond motifs is 3. The van der Waals surface area contributed by atoms with E-state index in [9.17, 15) is 21.0 Å². The van der Waals surface area contributed by atoms with Crippen molar-refractivity contribution in [2.75, 3.05) is 13.2 Å². The van der Waals surface area contributed by atoms with Gasteiger partial charge in [0.15, 0.2) is 5.79 Å². The third-order valence-electron chi connectivity index (χ3n) is 4.90. The van der Waals surface area contributed by atoms with E-state index in [0.717, 1.165) is 5.56 Å². The molecule has 4 rings (SSSR count). The Morgan fingerprint density at radius 3 is 2.50 bits per heavy atom. The summed E-state index contributed by atoms with van der Waals surface area (Å²) in [7, 11) is -8.67. The van der Waals surface area contributed by atoms with Crippen molar-refractivity contribution in [3.05, 3.63) is 29.8 Å². The van der Waals surface area contributed by atoms with Crippen molar-refractivity contribution in [3.63, 3.8) is 0 Å². The Morgan fingerprint density at radius 1 is 1.22 bits per heavy atom. The fourth-order valence-corrected chi connectivity index (χ4v) is 6.44. The summed E-state index contributed by atoms with van der Waals surface area (Å²) in [5.41, 5.74) is 0.834. The molecule has 5 atom stereocenters. The first-order valence-corrected chi connectivity index (χ1v) is 13.2. The molecule has 0 radical (unpaired) electrons. The van der Waals surface area contributed by atoms with Gasteiger partial charge < -0.3 is 14.2 Å². The molecule has 0 aliphatic carbocycles. The number of hydrogen-bond acceptors (Lipinski definition) is 11. The molecule has 1 aromatic carbocycles. The third kappa shape index (κ3) is 4.49. The minimum atomic E-state index is -4.34. The first-order valence-electron chi connectivity index (χ1n) is 9.29. The molecule has 3 aliphatic heterocycles. The molecule has 3 saturated heterocycles. The monoisotopic (exact) mass is 514 g/mol. The largest absolute Gasteiger partial charge is 0.343 e. The van der Waals surface area contributed by atoms with E-state index in [1.54, 1.807) is 19.1 Å². The van der Waals surface area contributed by atoms with Gasteiger partial charge in [-0.25, -0.2) is 17.8 Å². The number of nitrogens with two attached hydrogens (primary N) is 1. The molecule has 13 nitrogen and oxygen atoms in total. The fourth-order valence-electron chi connectivity index (χ4n) is 3.56. The summed E-state index contributed by atoms with van der Waals surface area (Å²) in [5.74, 6) is -3.04. The van der Waals surface area contributed by atoms with Gasteiger partial charge in [-0.05, 0) is 32.9 Å². The molecular weight excluding hydrogens is 492 g/mol. The zero-order valence-electron chi connectivity index (χ0n) is 17.2. The molecule has 1 aromatic rings. The quantitative estimate of drug-likeness (QED) is 0.530. The lowest BCUT2D eigenvalue weighted by Gasteiger charge is -2.45. The number of nitrogens with zero attached hydrogens (tertiary/aromatic N) is 1. The van der Waals surface area contributed by atoms with Crippen LogP contribution >= 0.6 is 0 Å². The molecule has 2 N–H and O–H groups in total. The van der Waals surface area contributed by atoms with E-state index in [1.165, 1.54) is 26.0 Å². The summed E-state index contributed by atoms with van der Waals surface area (Å²) in [6.45, 7) is 3.88. The molecule has 0 bridgehead atoms. The van der Waals surface area contributed by atoms with E-state index < -0.39 is 68.1 Å². The standard InChI is InChI=1S/C16H22N2O11S3/c1-10-4-6-11(7-5-10)31(20,21)18-27-12-8-24-16(9-25-32(17,22)23)14(13(12)28-30(18)19)26-15(2,3)29-16/h4-7,12-14H,8-9H2,1-3H3,(H2,17,22,23)/t12-,13-,14+,16+,30?/m1/s1. The van der Waals surface area contributed by atoms with E-state index in [1.807, 2.05) is 0 Å². The summed E-state index contributed by atoms with van der Waals surface area (Å²) >= 11 is -2.60. The molecule has 3 heterocycles. The normalized spacial score (nSPS) is 35.2. The average Bonchev–Trinajstić information content (AvgIpc) is 2.97. The second-order valence-corrected chi connectivity index (χ2v) is 12.0. The predicted octanol–water partition coefficient (Wildman–Crippen LogP) is -0.638. The summed E-state index contributed by atoms with van der Waals surface area (Å²) in [5, 5.41) is 4.90. The van der Waals surface area contributed by atoms with Crippen molar-refractivity contribution in [1.29, 1.82) is 0 Å². The minimum Gasteiger partial charge on any atom is -0.343 e. The molecule has 0 amide bonds. The number of rotatable bonds is 5. The Balaban J connectivity index is 1.60. The number of ether oxygens (including phenoxy) is 3. The van der Waals surface area contributed by atoms with Gasteiger partial charge in [0.25, 0.3) is 21.3 Å². The summed E-state index contributed by atoms with van der Waals surface area (Å²) < 4.78 is 88.8. The summed E-state index contributed by atoms with van der Waals surface area (Å²) in [6.07, 6.45) is -3.39. The highest BCUT2D eigenvalue weighted by Crippen LogP contribution is 2.46. The first-order chi connectivity index (χ1) is 14.7. The topological polar surface area (TPSA) is 170 Å². The number of benzene rings is 1. The Morgan fingerprint density at radius 2 is 1.88 bits per heavy atom. The Kier molecular flexibility index (Phi) is 6.04. The van der Waals surface area contributed by atoms with E-state index in [4.69, 9.17) is 28.4 Å². The first kappa shape index (κ1) is 24.1. The zero-order chi connectivity index (χ0) is 23.5. The number of aryl methyl sites for hydroxylation is 1. The molecule has 180 valence electrons. The van der Waals surface area contributed by atoms with Crippen LogP contribution in [0.5, 0.6) is 0 Å². The van der Waals surface area contributed by atoms with Crippen LogP contribution < -0.4 is 5.14 Å². The summed E-state index contributed by atoms with van der Waals surface area (Å²) in [4.78, 5) is 5.35. The summed E-state index contributed by atoms with van der Waals surface area (Å²) in [6, 6.07) is 5.86. The van der Waals surface area contributed by atoms with E-state index in [-0.39, 0.29) is 15.4 Å². The lowest BCUT2D eigenvalue weighted by molar-refractivity contribution is -0.318. The van der Waals surface area contributed by atoms with Gasteiger partial charge in [0.1, 0.15) is 24.9 Å². The third-order valence-corrected chi connectivity index (χ3v) is 8.36. The van der Waals surface area contributed by atoms with Crippen LogP contribution in [0.4, 0.5) is 0 Å². The maximum atomic E-state index is 12.9. The molecule has 32 heavy (non-hydrogen) atoms. The molecule has 3 aliphatic rings. The smallest absolute Gasteiger partial charge is 0.333 e. The maximum Gasteiger partial charge on any atom is 0.333 e. The molecule has 16 heteroatoms. The van der Waals surface area contributed by atoms with Crippen LogP contribution in [0.1, 0.15) is 19.4 Å². The lowest BCUT2D eigenvalue weighted by Crippen LogP contribution is -2.66. The molecule has 3 fully saturated rings. The van der Waals surface area contributed by atoms with Crippen molar-refractivity contribution >= 4 is 31.6 Å². The number of hydrogen-bond donors (Lipinski definition) is 1. The van der Waals surface area contributed by atoms with Gasteiger partial charge in [0.2, 0.25) is 5.79 Å². The van der Waals surface area contributed by atoms with Gasteiger partial charge in [-0.15, -0.1) is 0 Å². The lowest BCUT2D eigenvalue weighted by atomic mass is 9.97. The molecule has 0 aromatic heterocycles. The van der Waals surface area contributed by atoms with Gasteiger partial charge in [-0.3, -0.25) is 13.2 Å². The maximum absolute atomic E-state index is 12.9. The van der Waals surface area contributed by atoms with Crippen molar-refractivity contribution < 1.29 is 48.5 Å². The average molecular weight is 515 g/mol. The van der Waals surface area contributed by atoms with Crippen LogP contribution in [0.2, 0.25) is 0 Å². The Hall–Kier alpha value is -1.05. The minimum absolute atomic E-state index is 0.146. The van der Waals surface area contributed by atoms with Crippen molar-refractivity contribution in [3.8, 4) is 0 Å². The Labute approximate surface area is 187 Å². The van der Waals surface area contributed by atoms with Crippen LogP contribution in [0.25, 0.3) is 0 Å². The predicted molar refractivity (Wildman–Crippen MR) is 106 cm³/mol. The van der Waals surface area contributed by atoms with Crippen LogP contribution in [-0.4, -0.2) is 68.0 Å². The van der Waals surface area contributed by atoms with Gasteiger partial charge in [0, 0.05) is 3.87 Å². The van der Waals surface area contributed by atoms with Crippen LogP contribution in [0, 0.1) is 6.92 Å². The van der Waals surface area contributed by atoms with Crippen molar-refractivity contribution in [2.24, 2.45) is 5.14 Å². The second kappa shape index (κ2) is 8.02. The van der Waals surface area contributed by atoms with Crippen LogP contribution in [0.15, 0.2) is 29.2 Å². The zero-order valence-corrected chi connectivity index (χ0v) is 19.6. The molecule has 0 saturated carbocycles. The molecular formula is C16H22N2O11S3. The van der Waals surface area contributed by atoms with Crippen molar-refractivity contribution in [2.45, 2.75) is 55.6 Å². The van der Waals surface area contributed by atoms with Gasteiger partial charge >= 0.3 is 10.3 Å². The van der Waals surface area contributed by atoms with E-state index in [2.05, 4.69) is 4.18 Å². The van der Waals surface area contributed by atoms with Gasteiger partial charge in [-0.2, -0.15) is 8.42 Å². The highest BCUT2D eigenvalue weighted by molar-refractivity contribution is 7.99. The molecule has 0 spiro atoms.